The molecule has 0 atom stereocenters. The van der Waals surface area contributed by atoms with Crippen molar-refractivity contribution in [2.45, 2.75) is 33.1 Å². The van der Waals surface area contributed by atoms with Gasteiger partial charge in [0, 0.05) is 6.42 Å². The molecule has 0 unspecified atom stereocenters. The number of rotatable bonds is 3. The van der Waals surface area contributed by atoms with E-state index in [-0.39, 0.29) is 0 Å². The predicted octanol–water partition coefficient (Wildman–Crippen LogP) is 4.22. The Morgan fingerprint density at radius 2 is 1.93 bits per heavy atom. The van der Waals surface area contributed by atoms with Crippen LogP contribution in [0.3, 0.4) is 0 Å². The van der Waals surface area contributed by atoms with Crippen molar-refractivity contribution in [3.8, 4) is 0 Å². The van der Waals surface area contributed by atoms with E-state index >= 15 is 0 Å². The van der Waals surface area contributed by atoms with E-state index in [2.05, 4.69) is 44.5 Å². The van der Waals surface area contributed by atoms with Crippen LogP contribution in [0, 0.1) is 6.42 Å². The summed E-state index contributed by atoms with van der Waals surface area (Å²) in [5.41, 5.74) is 5.84. The molecular formula is C14H17. The van der Waals surface area contributed by atoms with Gasteiger partial charge in [-0.15, -0.1) is 0 Å². The van der Waals surface area contributed by atoms with Crippen LogP contribution in [-0.2, 0) is 0 Å². The first-order chi connectivity index (χ1) is 6.83. The molecule has 0 spiro atoms. The van der Waals surface area contributed by atoms with Crippen LogP contribution in [0.2, 0.25) is 0 Å². The van der Waals surface area contributed by atoms with E-state index in [1.54, 1.807) is 0 Å². The Morgan fingerprint density at radius 3 is 2.64 bits per heavy atom. The average Bonchev–Trinajstić information content (AvgIpc) is 2.54. The highest BCUT2D eigenvalue weighted by atomic mass is 14.2. The predicted molar refractivity (Wildman–Crippen MR) is 62.0 cm³/mol. The molecule has 1 aliphatic carbocycles. The maximum Gasteiger partial charge on any atom is 0.0167 e. The molecule has 0 saturated carbocycles. The molecule has 0 fully saturated rings. The second-order valence-electron chi connectivity index (χ2n) is 3.99. The Morgan fingerprint density at radius 1 is 1.14 bits per heavy atom. The highest BCUT2D eigenvalue weighted by Crippen LogP contribution is 2.35. The summed E-state index contributed by atoms with van der Waals surface area (Å²) >= 11 is 0. The zero-order valence-electron chi connectivity index (χ0n) is 9.01. The van der Waals surface area contributed by atoms with Gasteiger partial charge in [0.1, 0.15) is 0 Å². The molecule has 0 heteroatoms. The van der Waals surface area contributed by atoms with Crippen LogP contribution in [0.15, 0.2) is 29.8 Å². The van der Waals surface area contributed by atoms with E-state index in [0.717, 1.165) is 0 Å². The molecule has 2 rings (SSSR count). The summed E-state index contributed by atoms with van der Waals surface area (Å²) in [4.78, 5) is 0. The highest BCUT2D eigenvalue weighted by Gasteiger charge is 2.16. The quantitative estimate of drug-likeness (QED) is 0.661. The summed E-state index contributed by atoms with van der Waals surface area (Å²) in [5.74, 6) is 0. The van der Waals surface area contributed by atoms with Crippen LogP contribution in [0.5, 0.6) is 0 Å². The van der Waals surface area contributed by atoms with Gasteiger partial charge in [0.05, 0.1) is 0 Å². The van der Waals surface area contributed by atoms with Gasteiger partial charge in [0.2, 0.25) is 0 Å². The normalized spacial score (nSPS) is 14.7. The van der Waals surface area contributed by atoms with Gasteiger partial charge in [-0.25, -0.2) is 0 Å². The molecule has 0 amide bonds. The van der Waals surface area contributed by atoms with Crippen LogP contribution in [0.25, 0.3) is 5.57 Å². The molecule has 0 heterocycles. The third-order valence-electron chi connectivity index (χ3n) is 2.98. The molecule has 73 valence electrons. The molecule has 0 N–H and O–H groups in total. The van der Waals surface area contributed by atoms with Crippen molar-refractivity contribution in [3.05, 3.63) is 47.4 Å². The minimum absolute atomic E-state index is 1.23. The summed E-state index contributed by atoms with van der Waals surface area (Å²) in [6.45, 7) is 4.49. The van der Waals surface area contributed by atoms with Gasteiger partial charge in [0.25, 0.3) is 0 Å². The minimum Gasteiger partial charge on any atom is -0.0654 e. The second kappa shape index (κ2) is 4.00. The number of hydrogen-bond donors (Lipinski definition) is 0. The minimum atomic E-state index is 1.23. The molecule has 0 saturated heterocycles. The summed E-state index contributed by atoms with van der Waals surface area (Å²) in [6, 6.07) is 8.67. The zero-order valence-corrected chi connectivity index (χ0v) is 9.01. The van der Waals surface area contributed by atoms with E-state index in [1.807, 2.05) is 0 Å². The van der Waals surface area contributed by atoms with Crippen LogP contribution < -0.4 is 0 Å². The van der Waals surface area contributed by atoms with Gasteiger partial charge in [-0.3, -0.25) is 0 Å². The molecule has 0 aromatic heterocycles. The Hall–Kier alpha value is -1.04. The Balaban J connectivity index is 2.21. The molecule has 0 aliphatic heterocycles. The van der Waals surface area contributed by atoms with Crippen molar-refractivity contribution in [3.63, 3.8) is 0 Å². The van der Waals surface area contributed by atoms with Gasteiger partial charge in [-0.2, -0.15) is 0 Å². The monoisotopic (exact) mass is 185 g/mol. The van der Waals surface area contributed by atoms with Gasteiger partial charge >= 0.3 is 0 Å². The topological polar surface area (TPSA) is 0 Å². The number of hydrogen-bond acceptors (Lipinski definition) is 0. The SMILES string of the molecule is CCCCC1=C(C)c2ccccc2[CH]1. The fraction of sp³-hybridized carbons (Fsp3) is 0.357. The van der Waals surface area contributed by atoms with Crippen LogP contribution >= 0.6 is 0 Å². The van der Waals surface area contributed by atoms with Gasteiger partial charge in [-0.1, -0.05) is 43.2 Å². The third kappa shape index (κ3) is 1.61. The molecule has 0 bridgehead atoms. The Bertz CT molecular complexity index is 358. The molecule has 1 aliphatic rings. The van der Waals surface area contributed by atoms with Crippen molar-refractivity contribution >= 4 is 5.57 Å². The van der Waals surface area contributed by atoms with E-state index in [1.165, 1.54) is 41.5 Å². The largest absolute Gasteiger partial charge is 0.0654 e. The summed E-state index contributed by atoms with van der Waals surface area (Å²) in [5, 5.41) is 0. The lowest BCUT2D eigenvalue weighted by Crippen LogP contribution is -1.82. The van der Waals surface area contributed by atoms with Crippen molar-refractivity contribution in [1.29, 1.82) is 0 Å². The smallest absolute Gasteiger partial charge is 0.0167 e. The Kier molecular flexibility index (Phi) is 2.72. The number of fused-ring (bicyclic) bond motifs is 1. The van der Waals surface area contributed by atoms with Gasteiger partial charge in [-0.05, 0) is 36.5 Å². The first kappa shape index (κ1) is 9.51. The first-order valence-corrected chi connectivity index (χ1v) is 5.47. The number of allylic oxidation sites excluding steroid dienone is 2. The summed E-state index contributed by atoms with van der Waals surface area (Å²) in [7, 11) is 0. The lowest BCUT2D eigenvalue weighted by atomic mass is 10.0. The molecule has 1 radical (unpaired) electrons. The van der Waals surface area contributed by atoms with Crippen molar-refractivity contribution < 1.29 is 0 Å². The number of benzene rings is 1. The van der Waals surface area contributed by atoms with Crippen LogP contribution in [0.4, 0.5) is 0 Å². The lowest BCUT2D eigenvalue weighted by Gasteiger charge is -2.01. The standard InChI is InChI=1S/C14H17/c1-3-4-7-12-10-13-8-5-6-9-14(13)11(12)2/h5-6,8-10H,3-4,7H2,1-2H3. The molecule has 14 heavy (non-hydrogen) atoms. The van der Waals surface area contributed by atoms with Crippen LogP contribution in [0.1, 0.15) is 44.2 Å². The fourth-order valence-electron chi connectivity index (χ4n) is 2.06. The van der Waals surface area contributed by atoms with Gasteiger partial charge < -0.3 is 0 Å². The lowest BCUT2D eigenvalue weighted by molar-refractivity contribution is 0.795. The van der Waals surface area contributed by atoms with Crippen molar-refractivity contribution in [2.24, 2.45) is 0 Å². The Labute approximate surface area is 86.7 Å². The van der Waals surface area contributed by atoms with Crippen molar-refractivity contribution in [2.75, 3.05) is 0 Å². The van der Waals surface area contributed by atoms with E-state index in [4.69, 9.17) is 0 Å². The molecule has 0 nitrogen and oxygen atoms in total. The van der Waals surface area contributed by atoms with Crippen molar-refractivity contribution in [1.82, 2.24) is 0 Å². The van der Waals surface area contributed by atoms with E-state index < -0.39 is 0 Å². The summed E-state index contributed by atoms with van der Waals surface area (Å²) < 4.78 is 0. The van der Waals surface area contributed by atoms with E-state index in [9.17, 15) is 0 Å². The van der Waals surface area contributed by atoms with Crippen LogP contribution in [-0.4, -0.2) is 0 Å². The van der Waals surface area contributed by atoms with Gasteiger partial charge in [0.15, 0.2) is 0 Å². The maximum atomic E-state index is 2.35. The second-order valence-corrected chi connectivity index (χ2v) is 3.99. The maximum absolute atomic E-state index is 2.35. The molecule has 1 aromatic rings. The highest BCUT2D eigenvalue weighted by molar-refractivity contribution is 5.79. The average molecular weight is 185 g/mol. The zero-order chi connectivity index (χ0) is 9.97. The first-order valence-electron chi connectivity index (χ1n) is 5.47. The molecular weight excluding hydrogens is 168 g/mol. The fourth-order valence-corrected chi connectivity index (χ4v) is 2.06. The summed E-state index contributed by atoms with van der Waals surface area (Å²) in [6.07, 6.45) is 6.16. The van der Waals surface area contributed by atoms with E-state index in [0.29, 0.717) is 0 Å². The molecule has 1 aromatic carbocycles. The number of unbranched alkanes of at least 4 members (excludes halogenated alkanes) is 1. The third-order valence-corrected chi connectivity index (χ3v) is 2.98.